The summed E-state index contributed by atoms with van der Waals surface area (Å²) in [6.45, 7) is 0. The summed E-state index contributed by atoms with van der Waals surface area (Å²) in [5.74, 6) is 1.98. The molecule has 4 nitrogen and oxygen atoms in total. The Hall–Kier alpha value is -3.01. The van der Waals surface area contributed by atoms with E-state index in [1.54, 1.807) is 20.4 Å². The number of hydrogen-bond acceptors (Lipinski definition) is 3. The van der Waals surface area contributed by atoms with Crippen molar-refractivity contribution in [1.29, 1.82) is 0 Å². The number of aromatic nitrogens is 1. The number of para-hydroxylation sites is 2. The van der Waals surface area contributed by atoms with Crippen LogP contribution in [0.15, 0.2) is 71.7 Å². The lowest BCUT2D eigenvalue weighted by molar-refractivity contribution is 0.414. The van der Waals surface area contributed by atoms with Gasteiger partial charge >= 0.3 is 0 Å². The van der Waals surface area contributed by atoms with Crippen LogP contribution in [0.1, 0.15) is 0 Å². The number of aryl methyl sites for hydroxylation is 1. The van der Waals surface area contributed by atoms with Crippen LogP contribution in [0.3, 0.4) is 0 Å². The minimum absolute atomic E-state index is 0.118. The number of hydrogen-bond donors (Lipinski definition) is 0. The first-order valence-electron chi connectivity index (χ1n) is 7.26. The molecular formula is C19H17NO3. The van der Waals surface area contributed by atoms with Gasteiger partial charge in [0.1, 0.15) is 17.2 Å². The standard InChI is InChI=1S/C19H17NO3/c1-20-13-16(18(22-2)12-19(20)21)15-10-6-7-11-17(15)23-14-8-4-3-5-9-14/h3-13H,1-2H3. The molecule has 4 heteroatoms. The van der Waals surface area contributed by atoms with E-state index in [1.807, 2.05) is 54.6 Å². The van der Waals surface area contributed by atoms with Gasteiger partial charge in [-0.05, 0) is 18.2 Å². The first-order valence-corrected chi connectivity index (χ1v) is 7.26. The lowest BCUT2D eigenvalue weighted by atomic mass is 10.1. The molecule has 2 aromatic carbocycles. The molecule has 0 saturated heterocycles. The number of methoxy groups -OCH3 is 1. The maximum Gasteiger partial charge on any atom is 0.254 e. The van der Waals surface area contributed by atoms with Gasteiger partial charge in [0, 0.05) is 30.4 Å². The zero-order chi connectivity index (χ0) is 16.2. The number of ether oxygens (including phenoxy) is 2. The highest BCUT2D eigenvalue weighted by Crippen LogP contribution is 2.37. The van der Waals surface area contributed by atoms with Gasteiger partial charge in [0.05, 0.1) is 7.11 Å². The highest BCUT2D eigenvalue weighted by molar-refractivity contribution is 5.75. The largest absolute Gasteiger partial charge is 0.496 e. The summed E-state index contributed by atoms with van der Waals surface area (Å²) in [5.41, 5.74) is 1.55. The van der Waals surface area contributed by atoms with Crippen LogP contribution in [0.5, 0.6) is 17.2 Å². The smallest absolute Gasteiger partial charge is 0.254 e. The molecule has 0 bridgehead atoms. The summed E-state index contributed by atoms with van der Waals surface area (Å²) in [5, 5.41) is 0. The van der Waals surface area contributed by atoms with E-state index in [1.165, 1.54) is 10.6 Å². The van der Waals surface area contributed by atoms with Gasteiger partial charge in [0.15, 0.2) is 0 Å². The van der Waals surface area contributed by atoms with Gasteiger partial charge in [0.25, 0.3) is 5.56 Å². The second-order valence-corrected chi connectivity index (χ2v) is 5.12. The molecular weight excluding hydrogens is 290 g/mol. The van der Waals surface area contributed by atoms with Crippen molar-refractivity contribution in [2.24, 2.45) is 7.05 Å². The van der Waals surface area contributed by atoms with E-state index in [9.17, 15) is 4.79 Å². The topological polar surface area (TPSA) is 40.5 Å². The van der Waals surface area contributed by atoms with E-state index >= 15 is 0 Å². The Kier molecular flexibility index (Phi) is 4.15. The second-order valence-electron chi connectivity index (χ2n) is 5.12. The maximum atomic E-state index is 11.8. The van der Waals surface area contributed by atoms with Crippen molar-refractivity contribution in [2.75, 3.05) is 7.11 Å². The predicted molar refractivity (Wildman–Crippen MR) is 90.2 cm³/mol. The Morgan fingerprint density at radius 2 is 1.57 bits per heavy atom. The summed E-state index contributed by atoms with van der Waals surface area (Å²) in [6.07, 6.45) is 1.76. The quantitative estimate of drug-likeness (QED) is 0.735. The van der Waals surface area contributed by atoms with Crippen molar-refractivity contribution in [3.63, 3.8) is 0 Å². The Morgan fingerprint density at radius 3 is 2.30 bits per heavy atom. The predicted octanol–water partition coefficient (Wildman–Crippen LogP) is 3.85. The Labute approximate surface area is 134 Å². The molecule has 0 aliphatic rings. The summed E-state index contributed by atoms with van der Waals surface area (Å²) < 4.78 is 12.9. The van der Waals surface area contributed by atoms with Crippen LogP contribution in [0.25, 0.3) is 11.1 Å². The van der Waals surface area contributed by atoms with Crippen molar-refractivity contribution in [3.8, 4) is 28.4 Å². The van der Waals surface area contributed by atoms with Gasteiger partial charge < -0.3 is 14.0 Å². The molecule has 1 heterocycles. The van der Waals surface area contributed by atoms with E-state index in [-0.39, 0.29) is 5.56 Å². The van der Waals surface area contributed by atoms with Gasteiger partial charge in [-0.1, -0.05) is 36.4 Å². The van der Waals surface area contributed by atoms with Gasteiger partial charge in [0.2, 0.25) is 0 Å². The molecule has 0 fully saturated rings. The molecule has 0 spiro atoms. The molecule has 3 aromatic rings. The van der Waals surface area contributed by atoms with E-state index < -0.39 is 0 Å². The summed E-state index contributed by atoms with van der Waals surface area (Å²) in [4.78, 5) is 11.8. The molecule has 0 radical (unpaired) electrons. The Morgan fingerprint density at radius 1 is 0.870 bits per heavy atom. The highest BCUT2D eigenvalue weighted by atomic mass is 16.5. The first kappa shape index (κ1) is 14.9. The summed E-state index contributed by atoms with van der Waals surface area (Å²) >= 11 is 0. The average molecular weight is 307 g/mol. The third kappa shape index (κ3) is 3.11. The molecule has 116 valence electrons. The molecule has 0 atom stereocenters. The molecule has 0 saturated carbocycles. The van der Waals surface area contributed by atoms with Crippen LogP contribution < -0.4 is 15.0 Å². The fourth-order valence-corrected chi connectivity index (χ4v) is 2.38. The lowest BCUT2D eigenvalue weighted by Crippen LogP contribution is -2.15. The average Bonchev–Trinajstić information content (AvgIpc) is 2.58. The zero-order valence-corrected chi connectivity index (χ0v) is 13.0. The molecule has 0 unspecified atom stereocenters. The number of nitrogens with zero attached hydrogens (tertiary/aromatic N) is 1. The fourth-order valence-electron chi connectivity index (χ4n) is 2.38. The number of pyridine rings is 1. The van der Waals surface area contributed by atoms with Crippen LogP contribution in [-0.4, -0.2) is 11.7 Å². The molecule has 0 aliphatic heterocycles. The Balaban J connectivity index is 2.11. The summed E-state index contributed by atoms with van der Waals surface area (Å²) in [7, 11) is 3.27. The zero-order valence-electron chi connectivity index (χ0n) is 13.0. The second kappa shape index (κ2) is 6.40. The minimum Gasteiger partial charge on any atom is -0.496 e. The summed E-state index contributed by atoms with van der Waals surface area (Å²) in [6, 6.07) is 18.7. The minimum atomic E-state index is -0.118. The van der Waals surface area contributed by atoms with Crippen molar-refractivity contribution in [1.82, 2.24) is 4.57 Å². The molecule has 23 heavy (non-hydrogen) atoms. The van der Waals surface area contributed by atoms with Crippen LogP contribution in [0, 0.1) is 0 Å². The van der Waals surface area contributed by atoms with Crippen LogP contribution in [0.2, 0.25) is 0 Å². The third-order valence-corrected chi connectivity index (χ3v) is 3.56. The number of benzene rings is 2. The monoisotopic (exact) mass is 307 g/mol. The fraction of sp³-hybridized carbons (Fsp3) is 0.105. The lowest BCUT2D eigenvalue weighted by Gasteiger charge is -2.14. The van der Waals surface area contributed by atoms with Crippen LogP contribution in [-0.2, 0) is 7.05 Å². The third-order valence-electron chi connectivity index (χ3n) is 3.56. The number of rotatable bonds is 4. The Bertz CT molecular complexity index is 869. The van der Waals surface area contributed by atoms with Crippen molar-refractivity contribution >= 4 is 0 Å². The van der Waals surface area contributed by atoms with Crippen molar-refractivity contribution in [3.05, 3.63) is 77.2 Å². The molecule has 1 aromatic heterocycles. The molecule has 0 amide bonds. The van der Waals surface area contributed by atoms with E-state index in [2.05, 4.69) is 0 Å². The van der Waals surface area contributed by atoms with E-state index in [0.717, 1.165) is 16.9 Å². The maximum absolute atomic E-state index is 11.8. The van der Waals surface area contributed by atoms with Crippen LogP contribution >= 0.6 is 0 Å². The molecule has 0 N–H and O–H groups in total. The molecule has 3 rings (SSSR count). The molecule has 0 aliphatic carbocycles. The highest BCUT2D eigenvalue weighted by Gasteiger charge is 2.13. The van der Waals surface area contributed by atoms with Crippen molar-refractivity contribution < 1.29 is 9.47 Å². The van der Waals surface area contributed by atoms with Crippen LogP contribution in [0.4, 0.5) is 0 Å². The first-order chi connectivity index (χ1) is 11.2. The SMILES string of the molecule is COc1cc(=O)n(C)cc1-c1ccccc1Oc1ccccc1. The van der Waals surface area contributed by atoms with Gasteiger partial charge in [-0.15, -0.1) is 0 Å². The van der Waals surface area contributed by atoms with Gasteiger partial charge in [-0.2, -0.15) is 0 Å². The normalized spacial score (nSPS) is 10.3. The van der Waals surface area contributed by atoms with Gasteiger partial charge in [-0.3, -0.25) is 4.79 Å². The van der Waals surface area contributed by atoms with E-state index in [4.69, 9.17) is 9.47 Å². The van der Waals surface area contributed by atoms with Crippen molar-refractivity contribution in [2.45, 2.75) is 0 Å². The van der Waals surface area contributed by atoms with E-state index in [0.29, 0.717) is 11.5 Å². The van der Waals surface area contributed by atoms with Gasteiger partial charge in [-0.25, -0.2) is 0 Å².